The number of hydrogen-bond donors (Lipinski definition) is 1. The lowest BCUT2D eigenvalue weighted by Gasteiger charge is -2.04. The largest absolute Gasteiger partial charge is 0.289 e. The highest BCUT2D eigenvalue weighted by molar-refractivity contribution is 6.30. The maximum atomic E-state index is 11.8. The molecule has 0 aliphatic heterocycles. The van der Waals surface area contributed by atoms with Crippen LogP contribution in [0.3, 0.4) is 0 Å². The van der Waals surface area contributed by atoms with Crippen LogP contribution in [0, 0.1) is 6.92 Å². The van der Waals surface area contributed by atoms with Gasteiger partial charge in [0.05, 0.1) is 5.02 Å². The molecular formula is C11H8Cl2N4O. The molecule has 0 saturated heterocycles. The summed E-state index contributed by atoms with van der Waals surface area (Å²) in [5.41, 5.74) is 0.884. The zero-order chi connectivity index (χ0) is 13.1. The summed E-state index contributed by atoms with van der Waals surface area (Å²) in [4.78, 5) is 23.6. The third kappa shape index (κ3) is 3.15. The van der Waals surface area contributed by atoms with E-state index in [1.165, 1.54) is 12.3 Å². The second-order valence-corrected chi connectivity index (χ2v) is 4.30. The molecule has 5 nitrogen and oxygen atoms in total. The fourth-order valence-corrected chi connectivity index (χ4v) is 1.61. The van der Waals surface area contributed by atoms with Crippen LogP contribution in [0.5, 0.6) is 0 Å². The number of aryl methyl sites for hydroxylation is 1. The van der Waals surface area contributed by atoms with Crippen molar-refractivity contribution in [1.82, 2.24) is 15.0 Å². The number of nitrogens with one attached hydrogen (secondary N) is 1. The summed E-state index contributed by atoms with van der Waals surface area (Å²) in [5, 5.41) is 3.23. The van der Waals surface area contributed by atoms with Gasteiger partial charge in [-0.3, -0.25) is 10.1 Å². The van der Waals surface area contributed by atoms with Gasteiger partial charge in [-0.15, -0.1) is 0 Å². The first-order valence-corrected chi connectivity index (χ1v) is 5.74. The molecule has 0 aliphatic carbocycles. The second-order valence-electron chi connectivity index (χ2n) is 3.47. The first-order valence-electron chi connectivity index (χ1n) is 4.99. The number of halogens is 2. The lowest BCUT2D eigenvalue weighted by molar-refractivity contribution is 0.102. The summed E-state index contributed by atoms with van der Waals surface area (Å²) >= 11 is 11.4. The molecule has 92 valence electrons. The van der Waals surface area contributed by atoms with Crippen LogP contribution in [-0.2, 0) is 0 Å². The Balaban J connectivity index is 2.18. The summed E-state index contributed by atoms with van der Waals surface area (Å²) in [6, 6.07) is 4.68. The molecule has 0 aliphatic rings. The Morgan fingerprint density at radius 1 is 1.28 bits per heavy atom. The standard InChI is InChI=1S/C11H8Cl2N4O/c1-6-4-9(13)16-11(15-6)17-10(18)8-3-2-7(12)5-14-8/h2-5H,1H3,(H,15,16,17,18). The van der Waals surface area contributed by atoms with E-state index in [0.717, 1.165) is 0 Å². The molecule has 0 bridgehead atoms. The van der Waals surface area contributed by atoms with E-state index in [4.69, 9.17) is 23.2 Å². The Kier molecular flexibility index (Phi) is 3.74. The van der Waals surface area contributed by atoms with Gasteiger partial charge in [-0.05, 0) is 25.1 Å². The van der Waals surface area contributed by atoms with E-state index < -0.39 is 5.91 Å². The highest BCUT2D eigenvalue weighted by Gasteiger charge is 2.10. The number of carbonyl (C=O) groups is 1. The number of amides is 1. The van der Waals surface area contributed by atoms with Crippen molar-refractivity contribution in [2.24, 2.45) is 0 Å². The lowest BCUT2D eigenvalue weighted by atomic mass is 10.3. The first-order chi connectivity index (χ1) is 8.54. The minimum absolute atomic E-state index is 0.141. The smallest absolute Gasteiger partial charge is 0.276 e. The zero-order valence-electron chi connectivity index (χ0n) is 9.32. The SMILES string of the molecule is Cc1cc(Cl)nc(NC(=O)c2ccc(Cl)cn2)n1. The van der Waals surface area contributed by atoms with Gasteiger partial charge < -0.3 is 0 Å². The van der Waals surface area contributed by atoms with Crippen molar-refractivity contribution >= 4 is 35.1 Å². The van der Waals surface area contributed by atoms with Crippen LogP contribution < -0.4 is 5.32 Å². The number of carbonyl (C=O) groups excluding carboxylic acids is 1. The maximum Gasteiger partial charge on any atom is 0.276 e. The number of rotatable bonds is 2. The van der Waals surface area contributed by atoms with E-state index in [-0.39, 0.29) is 16.8 Å². The second kappa shape index (κ2) is 5.29. The van der Waals surface area contributed by atoms with Crippen molar-refractivity contribution in [2.45, 2.75) is 6.92 Å². The average molecular weight is 283 g/mol. The molecule has 0 spiro atoms. The molecule has 1 N–H and O–H groups in total. The van der Waals surface area contributed by atoms with Gasteiger partial charge in [-0.2, -0.15) is 0 Å². The predicted molar refractivity (Wildman–Crippen MR) is 69.0 cm³/mol. The Hall–Kier alpha value is -1.72. The maximum absolute atomic E-state index is 11.8. The van der Waals surface area contributed by atoms with Crippen molar-refractivity contribution in [3.05, 3.63) is 46.0 Å². The van der Waals surface area contributed by atoms with E-state index in [1.807, 2.05) is 0 Å². The van der Waals surface area contributed by atoms with Crippen LogP contribution in [0.15, 0.2) is 24.4 Å². The van der Waals surface area contributed by atoms with Crippen LogP contribution in [0.1, 0.15) is 16.2 Å². The van der Waals surface area contributed by atoms with Gasteiger partial charge in [-0.1, -0.05) is 23.2 Å². The van der Waals surface area contributed by atoms with Gasteiger partial charge in [0.15, 0.2) is 0 Å². The monoisotopic (exact) mass is 282 g/mol. The molecule has 1 amide bonds. The van der Waals surface area contributed by atoms with Crippen molar-refractivity contribution in [1.29, 1.82) is 0 Å². The number of hydrogen-bond acceptors (Lipinski definition) is 4. The zero-order valence-corrected chi connectivity index (χ0v) is 10.8. The highest BCUT2D eigenvalue weighted by Crippen LogP contribution is 2.11. The number of pyridine rings is 1. The molecule has 0 atom stereocenters. The van der Waals surface area contributed by atoms with E-state index >= 15 is 0 Å². The number of anilines is 1. The van der Waals surface area contributed by atoms with Gasteiger partial charge in [0.25, 0.3) is 5.91 Å². The molecule has 0 radical (unpaired) electrons. The van der Waals surface area contributed by atoms with Crippen molar-refractivity contribution in [2.75, 3.05) is 5.32 Å². The molecule has 2 aromatic rings. The molecule has 0 saturated carbocycles. The topological polar surface area (TPSA) is 67.8 Å². The fourth-order valence-electron chi connectivity index (χ4n) is 1.26. The number of nitrogens with zero attached hydrogens (tertiary/aromatic N) is 3. The summed E-state index contributed by atoms with van der Waals surface area (Å²) in [6.07, 6.45) is 1.39. The molecule has 0 aromatic carbocycles. The van der Waals surface area contributed by atoms with Gasteiger partial charge in [-0.25, -0.2) is 15.0 Å². The normalized spacial score (nSPS) is 10.2. The summed E-state index contributed by atoms with van der Waals surface area (Å²) in [6.45, 7) is 1.75. The van der Waals surface area contributed by atoms with Crippen LogP contribution in [0.2, 0.25) is 10.2 Å². The number of aromatic nitrogens is 3. The summed E-state index contributed by atoms with van der Waals surface area (Å²) in [5.74, 6) is -0.282. The molecule has 2 heterocycles. The third-order valence-corrected chi connectivity index (χ3v) is 2.43. The van der Waals surface area contributed by atoms with E-state index in [1.54, 1.807) is 19.1 Å². The Morgan fingerprint density at radius 2 is 2.06 bits per heavy atom. The van der Waals surface area contributed by atoms with Crippen LogP contribution in [-0.4, -0.2) is 20.9 Å². The Morgan fingerprint density at radius 3 is 2.67 bits per heavy atom. The van der Waals surface area contributed by atoms with Crippen LogP contribution in [0.4, 0.5) is 5.95 Å². The van der Waals surface area contributed by atoms with Gasteiger partial charge in [0, 0.05) is 11.9 Å². The summed E-state index contributed by atoms with van der Waals surface area (Å²) in [7, 11) is 0. The Labute approximate surface area is 113 Å². The lowest BCUT2D eigenvalue weighted by Crippen LogP contribution is -2.15. The van der Waals surface area contributed by atoms with E-state index in [9.17, 15) is 4.79 Å². The minimum atomic E-state index is -0.423. The van der Waals surface area contributed by atoms with E-state index in [2.05, 4.69) is 20.3 Å². The predicted octanol–water partition coefficient (Wildman–Crippen LogP) is 2.74. The molecule has 0 unspecified atom stereocenters. The van der Waals surface area contributed by atoms with Gasteiger partial charge >= 0.3 is 0 Å². The Bertz CT molecular complexity index is 566. The average Bonchev–Trinajstić information content (AvgIpc) is 2.28. The van der Waals surface area contributed by atoms with Gasteiger partial charge in [0.2, 0.25) is 5.95 Å². The molecule has 7 heteroatoms. The van der Waals surface area contributed by atoms with Crippen LogP contribution in [0.25, 0.3) is 0 Å². The first kappa shape index (κ1) is 12.7. The molecule has 0 fully saturated rings. The molecule has 18 heavy (non-hydrogen) atoms. The van der Waals surface area contributed by atoms with Crippen molar-refractivity contribution in [3.8, 4) is 0 Å². The summed E-state index contributed by atoms with van der Waals surface area (Å²) < 4.78 is 0. The highest BCUT2D eigenvalue weighted by atomic mass is 35.5. The van der Waals surface area contributed by atoms with E-state index in [0.29, 0.717) is 10.7 Å². The van der Waals surface area contributed by atoms with Crippen molar-refractivity contribution in [3.63, 3.8) is 0 Å². The quantitative estimate of drug-likeness (QED) is 0.860. The fraction of sp³-hybridized carbons (Fsp3) is 0.0909. The van der Waals surface area contributed by atoms with Crippen LogP contribution >= 0.6 is 23.2 Å². The molecule has 2 rings (SSSR count). The minimum Gasteiger partial charge on any atom is -0.289 e. The molecule has 2 aromatic heterocycles. The van der Waals surface area contributed by atoms with Gasteiger partial charge in [0.1, 0.15) is 10.8 Å². The molecular weight excluding hydrogens is 275 g/mol. The van der Waals surface area contributed by atoms with Crippen molar-refractivity contribution < 1.29 is 4.79 Å². The third-order valence-electron chi connectivity index (χ3n) is 2.01.